The first kappa shape index (κ1) is 16.5. The summed E-state index contributed by atoms with van der Waals surface area (Å²) in [6.45, 7) is 5.86. The van der Waals surface area contributed by atoms with E-state index in [1.165, 1.54) is 0 Å². The van der Waals surface area contributed by atoms with Gasteiger partial charge in [-0.3, -0.25) is 0 Å². The fraction of sp³-hybridized carbons (Fsp3) is 0.350. The van der Waals surface area contributed by atoms with Crippen molar-refractivity contribution >= 4 is 5.97 Å². The summed E-state index contributed by atoms with van der Waals surface area (Å²) in [5.74, 6) is 0.468. The van der Waals surface area contributed by atoms with Gasteiger partial charge in [0.05, 0.1) is 5.56 Å². The molecule has 1 heterocycles. The van der Waals surface area contributed by atoms with Crippen molar-refractivity contribution in [2.24, 2.45) is 0 Å². The molecule has 3 rings (SSSR count). The van der Waals surface area contributed by atoms with Crippen molar-refractivity contribution in [3.8, 4) is 11.5 Å². The van der Waals surface area contributed by atoms with Gasteiger partial charge in [-0.05, 0) is 55.2 Å². The maximum atomic E-state index is 12.3. The van der Waals surface area contributed by atoms with Gasteiger partial charge in [-0.1, -0.05) is 18.2 Å². The van der Waals surface area contributed by atoms with Crippen molar-refractivity contribution < 1.29 is 19.0 Å². The van der Waals surface area contributed by atoms with Crippen LogP contribution in [0.4, 0.5) is 0 Å². The van der Waals surface area contributed by atoms with E-state index in [2.05, 4.69) is 0 Å². The summed E-state index contributed by atoms with van der Waals surface area (Å²) < 4.78 is 17.2. The Kier molecular flexibility index (Phi) is 4.33. The van der Waals surface area contributed by atoms with Crippen LogP contribution in [-0.2, 0) is 11.2 Å². The number of carbonyl (C=O) groups excluding carboxylic acids is 1. The van der Waals surface area contributed by atoms with Crippen molar-refractivity contribution in [3.63, 3.8) is 0 Å². The molecule has 24 heavy (non-hydrogen) atoms. The molecule has 0 saturated carbocycles. The molecule has 2 aromatic carbocycles. The van der Waals surface area contributed by atoms with Gasteiger partial charge in [0.25, 0.3) is 0 Å². The molecule has 126 valence electrons. The molecule has 4 nitrogen and oxygen atoms in total. The second kappa shape index (κ2) is 6.29. The van der Waals surface area contributed by atoms with E-state index in [4.69, 9.17) is 14.2 Å². The maximum Gasteiger partial charge on any atom is 0.343 e. The van der Waals surface area contributed by atoms with Crippen LogP contribution in [0, 0.1) is 13.8 Å². The van der Waals surface area contributed by atoms with E-state index in [1.807, 2.05) is 45.0 Å². The minimum absolute atomic E-state index is 0.350. The Morgan fingerprint density at radius 1 is 1.17 bits per heavy atom. The Balaban J connectivity index is 1.92. The van der Waals surface area contributed by atoms with Crippen molar-refractivity contribution in [2.45, 2.75) is 39.4 Å². The Labute approximate surface area is 142 Å². The minimum atomic E-state index is -0.605. The second-order valence-corrected chi connectivity index (χ2v) is 6.31. The van der Waals surface area contributed by atoms with Crippen LogP contribution in [-0.4, -0.2) is 18.9 Å². The van der Waals surface area contributed by atoms with Crippen LogP contribution in [0.5, 0.6) is 11.5 Å². The summed E-state index contributed by atoms with van der Waals surface area (Å²) in [7, 11) is 1.66. The van der Waals surface area contributed by atoms with E-state index in [9.17, 15) is 4.79 Å². The number of aryl methyl sites for hydroxylation is 1. The third-order valence-corrected chi connectivity index (χ3v) is 4.68. The predicted molar refractivity (Wildman–Crippen MR) is 91.7 cm³/mol. The van der Waals surface area contributed by atoms with Crippen LogP contribution in [0.2, 0.25) is 0 Å². The van der Waals surface area contributed by atoms with Gasteiger partial charge in [-0.15, -0.1) is 0 Å². The van der Waals surface area contributed by atoms with Gasteiger partial charge in [0, 0.05) is 20.5 Å². The molecule has 0 saturated heterocycles. The molecule has 0 spiro atoms. The van der Waals surface area contributed by atoms with E-state index in [0.717, 1.165) is 35.3 Å². The molecule has 1 aliphatic heterocycles. The van der Waals surface area contributed by atoms with Gasteiger partial charge in [0.15, 0.2) is 0 Å². The Morgan fingerprint density at radius 3 is 2.54 bits per heavy atom. The molecule has 1 atom stereocenters. The number of fused-ring (bicyclic) bond motifs is 1. The Bertz CT molecular complexity index is 767. The lowest BCUT2D eigenvalue weighted by Crippen LogP contribution is -2.38. The molecule has 2 aromatic rings. The molecular weight excluding hydrogens is 304 g/mol. The van der Waals surface area contributed by atoms with E-state index >= 15 is 0 Å². The molecule has 0 amide bonds. The lowest BCUT2D eigenvalue weighted by molar-refractivity contribution is -0.160. The molecule has 0 aromatic heterocycles. The summed E-state index contributed by atoms with van der Waals surface area (Å²) in [5, 5.41) is 0. The Morgan fingerprint density at radius 2 is 1.88 bits per heavy atom. The summed E-state index contributed by atoms with van der Waals surface area (Å²) in [4.78, 5) is 12.3. The van der Waals surface area contributed by atoms with Gasteiger partial charge in [-0.2, -0.15) is 0 Å². The highest BCUT2D eigenvalue weighted by Crippen LogP contribution is 2.41. The fourth-order valence-corrected chi connectivity index (χ4v) is 2.87. The highest BCUT2D eigenvalue weighted by atomic mass is 16.7. The number of ether oxygens (including phenoxy) is 3. The van der Waals surface area contributed by atoms with Gasteiger partial charge < -0.3 is 14.2 Å². The van der Waals surface area contributed by atoms with Crippen LogP contribution < -0.4 is 9.47 Å². The third-order valence-electron chi connectivity index (χ3n) is 4.68. The van der Waals surface area contributed by atoms with Gasteiger partial charge in [0.1, 0.15) is 11.5 Å². The molecule has 4 heteroatoms. The number of methoxy groups -OCH3 is 1. The third kappa shape index (κ3) is 3.02. The van der Waals surface area contributed by atoms with Crippen molar-refractivity contribution in [1.82, 2.24) is 0 Å². The highest BCUT2D eigenvalue weighted by molar-refractivity contribution is 5.91. The molecular formula is C20H22O4. The molecule has 0 N–H and O–H groups in total. The first-order chi connectivity index (χ1) is 11.4. The summed E-state index contributed by atoms with van der Waals surface area (Å²) >= 11 is 0. The molecule has 1 aliphatic rings. The average Bonchev–Trinajstić information content (AvgIpc) is 2.61. The van der Waals surface area contributed by atoms with E-state index in [0.29, 0.717) is 11.3 Å². The Hall–Kier alpha value is -2.33. The monoisotopic (exact) mass is 326 g/mol. The first-order valence-electron chi connectivity index (χ1n) is 8.08. The topological polar surface area (TPSA) is 44.8 Å². The number of esters is 1. The lowest BCUT2D eigenvalue weighted by Gasteiger charge is -2.35. The standard InChI is InChI=1S/C20H22O4/c1-13-14(2)18-16(10-11-20(3,22-4)24-18)12-17(13)23-19(21)15-8-6-5-7-9-15/h5-9,12H,10-11H2,1-4H3. The number of rotatable bonds is 3. The highest BCUT2D eigenvalue weighted by Gasteiger charge is 2.33. The van der Waals surface area contributed by atoms with Crippen LogP contribution in [0.25, 0.3) is 0 Å². The van der Waals surface area contributed by atoms with E-state index in [-0.39, 0.29) is 5.97 Å². The summed E-state index contributed by atoms with van der Waals surface area (Å²) in [6, 6.07) is 10.9. The van der Waals surface area contributed by atoms with Crippen molar-refractivity contribution in [1.29, 1.82) is 0 Å². The number of hydrogen-bond acceptors (Lipinski definition) is 4. The summed E-state index contributed by atoms with van der Waals surface area (Å²) in [6.07, 6.45) is 1.57. The largest absolute Gasteiger partial charge is 0.462 e. The van der Waals surface area contributed by atoms with Crippen LogP contribution in [0.3, 0.4) is 0 Å². The molecule has 0 radical (unpaired) electrons. The second-order valence-electron chi connectivity index (χ2n) is 6.31. The van der Waals surface area contributed by atoms with Gasteiger partial charge >= 0.3 is 5.97 Å². The zero-order valence-electron chi connectivity index (χ0n) is 14.5. The predicted octanol–water partition coefficient (Wildman–Crippen LogP) is 4.21. The maximum absolute atomic E-state index is 12.3. The van der Waals surface area contributed by atoms with Crippen molar-refractivity contribution in [3.05, 3.63) is 58.7 Å². The summed E-state index contributed by atoms with van der Waals surface area (Å²) in [5.41, 5.74) is 3.46. The zero-order chi connectivity index (χ0) is 17.3. The van der Waals surface area contributed by atoms with E-state index in [1.54, 1.807) is 19.2 Å². The lowest BCUT2D eigenvalue weighted by atomic mass is 9.95. The van der Waals surface area contributed by atoms with E-state index < -0.39 is 5.79 Å². The molecule has 0 bridgehead atoms. The molecule has 1 unspecified atom stereocenters. The first-order valence-corrected chi connectivity index (χ1v) is 8.08. The fourth-order valence-electron chi connectivity index (χ4n) is 2.87. The van der Waals surface area contributed by atoms with Crippen molar-refractivity contribution in [2.75, 3.05) is 7.11 Å². The molecule has 0 aliphatic carbocycles. The quantitative estimate of drug-likeness (QED) is 0.626. The zero-order valence-corrected chi connectivity index (χ0v) is 14.5. The van der Waals surface area contributed by atoms with Crippen LogP contribution >= 0.6 is 0 Å². The van der Waals surface area contributed by atoms with Crippen LogP contribution in [0.1, 0.15) is 40.4 Å². The van der Waals surface area contributed by atoms with Gasteiger partial charge in [0.2, 0.25) is 5.79 Å². The smallest absolute Gasteiger partial charge is 0.343 e. The SMILES string of the molecule is COC1(C)CCc2cc(OC(=O)c3ccccc3)c(C)c(C)c2O1. The number of carbonyl (C=O) groups is 1. The molecule has 0 fully saturated rings. The number of hydrogen-bond donors (Lipinski definition) is 0. The van der Waals surface area contributed by atoms with Gasteiger partial charge in [-0.25, -0.2) is 4.79 Å². The minimum Gasteiger partial charge on any atom is -0.462 e. The normalized spacial score (nSPS) is 19.3. The average molecular weight is 326 g/mol. The van der Waals surface area contributed by atoms with Crippen LogP contribution in [0.15, 0.2) is 36.4 Å². The number of benzene rings is 2.